The maximum atomic E-state index is 12.4. The fraction of sp³-hybridized carbons (Fsp3) is 0.778. The summed E-state index contributed by atoms with van der Waals surface area (Å²) in [4.78, 5) is 16.9. The highest BCUT2D eigenvalue weighted by molar-refractivity contribution is 5.81. The zero-order valence-corrected chi connectivity index (χ0v) is 14.7. The van der Waals surface area contributed by atoms with Crippen LogP contribution in [-0.2, 0) is 16.1 Å². The van der Waals surface area contributed by atoms with Gasteiger partial charge in [-0.1, -0.05) is 5.16 Å². The molecule has 1 saturated carbocycles. The SMILES string of the molecule is Cc1noc(C)c1CN1CCC[C@]2(C1)CN(C(=O)C1CC1)CCO2. The third-order valence-electron chi connectivity index (χ3n) is 5.67. The highest BCUT2D eigenvalue weighted by Gasteiger charge is 2.44. The summed E-state index contributed by atoms with van der Waals surface area (Å²) in [5, 5.41) is 4.06. The number of amides is 1. The monoisotopic (exact) mass is 333 g/mol. The van der Waals surface area contributed by atoms with Crippen LogP contribution in [0.2, 0.25) is 0 Å². The number of rotatable bonds is 3. The molecule has 1 spiro atoms. The minimum absolute atomic E-state index is 0.194. The molecular formula is C18H27N3O3. The van der Waals surface area contributed by atoms with E-state index in [0.29, 0.717) is 18.4 Å². The maximum Gasteiger partial charge on any atom is 0.225 e. The summed E-state index contributed by atoms with van der Waals surface area (Å²) in [6, 6.07) is 0. The van der Waals surface area contributed by atoms with E-state index in [9.17, 15) is 4.79 Å². The van der Waals surface area contributed by atoms with E-state index in [1.165, 1.54) is 5.56 Å². The highest BCUT2D eigenvalue weighted by Crippen LogP contribution is 2.35. The Morgan fingerprint density at radius 1 is 1.29 bits per heavy atom. The fourth-order valence-corrected chi connectivity index (χ4v) is 4.14. The Bertz CT molecular complexity index is 602. The van der Waals surface area contributed by atoms with Gasteiger partial charge < -0.3 is 14.2 Å². The summed E-state index contributed by atoms with van der Waals surface area (Å²) in [5.41, 5.74) is 1.97. The smallest absolute Gasteiger partial charge is 0.225 e. The second-order valence-electron chi connectivity index (χ2n) is 7.68. The topological polar surface area (TPSA) is 58.8 Å². The van der Waals surface area contributed by atoms with E-state index in [-0.39, 0.29) is 5.60 Å². The Morgan fingerprint density at radius 2 is 2.12 bits per heavy atom. The maximum absolute atomic E-state index is 12.4. The number of aryl methyl sites for hydroxylation is 2. The zero-order valence-electron chi connectivity index (χ0n) is 14.7. The normalized spacial score (nSPS) is 28.5. The van der Waals surface area contributed by atoms with Crippen LogP contribution < -0.4 is 0 Å². The lowest BCUT2D eigenvalue weighted by Gasteiger charge is -2.48. The lowest BCUT2D eigenvalue weighted by atomic mass is 9.90. The molecule has 1 aromatic rings. The van der Waals surface area contributed by atoms with Gasteiger partial charge in [-0.25, -0.2) is 0 Å². The van der Waals surface area contributed by atoms with Crippen molar-refractivity contribution in [3.8, 4) is 0 Å². The Labute approximate surface area is 143 Å². The van der Waals surface area contributed by atoms with Gasteiger partial charge in [0.1, 0.15) is 5.76 Å². The van der Waals surface area contributed by atoms with Gasteiger partial charge in [0.2, 0.25) is 5.91 Å². The molecule has 24 heavy (non-hydrogen) atoms. The average Bonchev–Trinajstić information content (AvgIpc) is 3.37. The molecule has 3 fully saturated rings. The summed E-state index contributed by atoms with van der Waals surface area (Å²) in [6.45, 7) is 8.93. The molecule has 0 radical (unpaired) electrons. The first-order valence-electron chi connectivity index (χ1n) is 9.13. The number of hydrogen-bond donors (Lipinski definition) is 0. The Balaban J connectivity index is 1.44. The van der Waals surface area contributed by atoms with E-state index < -0.39 is 0 Å². The molecule has 1 aromatic heterocycles. The number of likely N-dealkylation sites (tertiary alicyclic amines) is 1. The van der Waals surface area contributed by atoms with Crippen molar-refractivity contribution in [2.75, 3.05) is 32.8 Å². The third-order valence-corrected chi connectivity index (χ3v) is 5.67. The molecule has 6 heteroatoms. The second-order valence-corrected chi connectivity index (χ2v) is 7.68. The second kappa shape index (κ2) is 6.15. The van der Waals surface area contributed by atoms with Crippen molar-refractivity contribution < 1.29 is 14.1 Å². The Morgan fingerprint density at radius 3 is 2.83 bits per heavy atom. The van der Waals surface area contributed by atoms with Crippen LogP contribution in [0.25, 0.3) is 0 Å². The van der Waals surface area contributed by atoms with Crippen LogP contribution in [0.1, 0.15) is 42.7 Å². The number of nitrogens with zero attached hydrogens (tertiary/aromatic N) is 3. The standard InChI is InChI=1S/C18H27N3O3/c1-13-16(14(2)24-19-13)10-20-7-3-6-18(11-20)12-21(8-9-23-18)17(22)15-4-5-15/h15H,3-12H2,1-2H3/t18-/m0/s1. The zero-order chi connectivity index (χ0) is 16.7. The molecule has 0 N–H and O–H groups in total. The van der Waals surface area contributed by atoms with Crippen LogP contribution in [0.3, 0.4) is 0 Å². The number of carbonyl (C=O) groups is 1. The molecule has 2 saturated heterocycles. The predicted octanol–water partition coefficient (Wildman–Crippen LogP) is 1.89. The number of carbonyl (C=O) groups excluding carboxylic acids is 1. The van der Waals surface area contributed by atoms with Gasteiger partial charge >= 0.3 is 0 Å². The number of ether oxygens (including phenoxy) is 1. The van der Waals surface area contributed by atoms with Crippen molar-refractivity contribution in [3.63, 3.8) is 0 Å². The largest absolute Gasteiger partial charge is 0.370 e. The predicted molar refractivity (Wildman–Crippen MR) is 88.5 cm³/mol. The number of aromatic nitrogens is 1. The minimum Gasteiger partial charge on any atom is -0.370 e. The van der Waals surface area contributed by atoms with Gasteiger partial charge in [0.25, 0.3) is 0 Å². The molecule has 132 valence electrons. The van der Waals surface area contributed by atoms with E-state index in [2.05, 4.69) is 15.0 Å². The van der Waals surface area contributed by atoms with Crippen molar-refractivity contribution in [2.24, 2.45) is 5.92 Å². The van der Waals surface area contributed by atoms with Gasteiger partial charge in [-0.2, -0.15) is 0 Å². The molecule has 0 unspecified atom stereocenters. The summed E-state index contributed by atoms with van der Waals surface area (Å²) in [5.74, 6) is 1.55. The molecule has 1 amide bonds. The van der Waals surface area contributed by atoms with E-state index in [0.717, 1.165) is 69.9 Å². The molecule has 6 nitrogen and oxygen atoms in total. The Hall–Kier alpha value is -1.40. The van der Waals surface area contributed by atoms with Crippen molar-refractivity contribution >= 4 is 5.91 Å². The van der Waals surface area contributed by atoms with Crippen LogP contribution in [-0.4, -0.2) is 59.3 Å². The van der Waals surface area contributed by atoms with Crippen molar-refractivity contribution in [1.29, 1.82) is 0 Å². The highest BCUT2D eigenvalue weighted by atomic mass is 16.5. The lowest BCUT2D eigenvalue weighted by Crippen LogP contribution is -2.60. The summed E-state index contributed by atoms with van der Waals surface area (Å²) in [7, 11) is 0. The van der Waals surface area contributed by atoms with Crippen molar-refractivity contribution in [3.05, 3.63) is 17.0 Å². The van der Waals surface area contributed by atoms with E-state index >= 15 is 0 Å². The molecule has 0 bridgehead atoms. The first kappa shape index (κ1) is 16.1. The van der Waals surface area contributed by atoms with E-state index in [1.807, 2.05) is 13.8 Å². The van der Waals surface area contributed by atoms with Gasteiger partial charge in [-0.15, -0.1) is 0 Å². The molecule has 0 aromatic carbocycles. The van der Waals surface area contributed by atoms with Crippen molar-refractivity contribution in [2.45, 2.75) is 51.7 Å². The quantitative estimate of drug-likeness (QED) is 0.845. The molecule has 3 heterocycles. The van der Waals surface area contributed by atoms with Crippen LogP contribution in [0.15, 0.2) is 4.52 Å². The minimum atomic E-state index is -0.194. The molecule has 4 rings (SSSR count). The summed E-state index contributed by atoms with van der Waals surface area (Å²) >= 11 is 0. The average molecular weight is 333 g/mol. The fourth-order valence-electron chi connectivity index (χ4n) is 4.14. The van der Waals surface area contributed by atoms with Crippen LogP contribution in [0, 0.1) is 19.8 Å². The Kier molecular flexibility index (Phi) is 4.12. The van der Waals surface area contributed by atoms with Gasteiger partial charge in [0.05, 0.1) is 24.4 Å². The lowest BCUT2D eigenvalue weighted by molar-refractivity contribution is -0.162. The third kappa shape index (κ3) is 3.09. The molecular weight excluding hydrogens is 306 g/mol. The van der Waals surface area contributed by atoms with E-state index in [1.54, 1.807) is 0 Å². The summed E-state index contributed by atoms with van der Waals surface area (Å²) < 4.78 is 11.5. The molecule has 3 aliphatic rings. The molecule has 2 aliphatic heterocycles. The van der Waals surface area contributed by atoms with Gasteiger partial charge in [0.15, 0.2) is 0 Å². The van der Waals surface area contributed by atoms with Crippen LogP contribution >= 0.6 is 0 Å². The van der Waals surface area contributed by atoms with Crippen molar-refractivity contribution in [1.82, 2.24) is 15.0 Å². The van der Waals surface area contributed by atoms with Gasteiger partial charge in [0, 0.05) is 31.1 Å². The van der Waals surface area contributed by atoms with Gasteiger partial charge in [-0.3, -0.25) is 9.69 Å². The first-order chi connectivity index (χ1) is 11.6. The van der Waals surface area contributed by atoms with E-state index in [4.69, 9.17) is 9.26 Å². The van der Waals surface area contributed by atoms with Gasteiger partial charge in [-0.05, 0) is 46.1 Å². The first-order valence-corrected chi connectivity index (χ1v) is 9.13. The summed E-state index contributed by atoms with van der Waals surface area (Å²) in [6.07, 6.45) is 4.29. The number of morpholine rings is 1. The molecule has 1 aliphatic carbocycles. The molecule has 1 atom stereocenters. The number of hydrogen-bond acceptors (Lipinski definition) is 5. The van der Waals surface area contributed by atoms with Crippen LogP contribution in [0.4, 0.5) is 0 Å². The number of piperidine rings is 1. The van der Waals surface area contributed by atoms with Crippen LogP contribution in [0.5, 0.6) is 0 Å².